The number of rotatable bonds is 7. The van der Waals surface area contributed by atoms with Crippen LogP contribution < -0.4 is 4.90 Å². The summed E-state index contributed by atoms with van der Waals surface area (Å²) in [5.74, 6) is -2.09. The summed E-state index contributed by atoms with van der Waals surface area (Å²) in [5, 5.41) is 11.8. The minimum Gasteiger partial charge on any atom is -0.445 e. The minimum atomic E-state index is -2.47. The van der Waals surface area contributed by atoms with Crippen molar-refractivity contribution in [3.05, 3.63) is 71.1 Å². The first-order valence-corrected chi connectivity index (χ1v) is 12.1. The summed E-state index contributed by atoms with van der Waals surface area (Å²) in [6, 6.07) is 7.21. The largest absolute Gasteiger partial charge is 0.445 e. The third kappa shape index (κ3) is 4.01. The lowest BCUT2D eigenvalue weighted by atomic mass is 9.78. The second-order valence-electron chi connectivity index (χ2n) is 9.46. The summed E-state index contributed by atoms with van der Waals surface area (Å²) < 4.78 is 35.3. The van der Waals surface area contributed by atoms with Crippen LogP contribution in [0.2, 0.25) is 0 Å². The van der Waals surface area contributed by atoms with Gasteiger partial charge in [0, 0.05) is 23.7 Å². The monoisotopic (exact) mass is 517 g/mol. The van der Waals surface area contributed by atoms with Crippen molar-refractivity contribution in [2.75, 3.05) is 24.5 Å². The van der Waals surface area contributed by atoms with Gasteiger partial charge in [-0.05, 0) is 68.6 Å². The number of carbonyl (C=O) groups excluding carboxylic acids is 1. The molecule has 36 heavy (non-hydrogen) atoms. The summed E-state index contributed by atoms with van der Waals surface area (Å²) in [6.45, 7) is 8.26. The first-order chi connectivity index (χ1) is 16.8. The molecule has 192 valence electrons. The van der Waals surface area contributed by atoms with Gasteiger partial charge in [0.1, 0.15) is 17.9 Å². The molecule has 0 saturated heterocycles. The Balaban J connectivity index is 0.00000304. The van der Waals surface area contributed by atoms with Crippen molar-refractivity contribution in [2.24, 2.45) is 5.92 Å². The van der Waals surface area contributed by atoms with Crippen molar-refractivity contribution in [3.63, 3.8) is 0 Å². The highest BCUT2D eigenvalue weighted by Gasteiger charge is 2.55. The van der Waals surface area contributed by atoms with Crippen LogP contribution in [0.3, 0.4) is 0 Å². The minimum absolute atomic E-state index is 0. The Morgan fingerprint density at radius 3 is 2.42 bits per heavy atom. The maximum absolute atomic E-state index is 14.9. The van der Waals surface area contributed by atoms with Crippen LogP contribution in [0.4, 0.5) is 14.5 Å². The molecule has 1 N–H and O–H groups in total. The van der Waals surface area contributed by atoms with E-state index in [9.17, 15) is 18.7 Å². The quantitative estimate of drug-likeness (QED) is 0.475. The van der Waals surface area contributed by atoms with Crippen LogP contribution in [-0.2, 0) is 10.4 Å². The normalized spacial score (nSPS) is 23.0. The molecule has 1 atom stereocenters. The van der Waals surface area contributed by atoms with Crippen LogP contribution in [0.1, 0.15) is 43.4 Å². The summed E-state index contributed by atoms with van der Waals surface area (Å²) in [5.41, 5.74) is -1.34. The van der Waals surface area contributed by atoms with E-state index in [-0.39, 0.29) is 23.9 Å². The Hall–Kier alpha value is -2.81. The maximum Gasteiger partial charge on any atom is 0.268 e. The van der Waals surface area contributed by atoms with Gasteiger partial charge in [-0.15, -0.1) is 12.4 Å². The number of hydrogen-bond donors (Lipinski definition) is 1. The number of amides is 1. The number of aromatic nitrogens is 1. The van der Waals surface area contributed by atoms with Crippen molar-refractivity contribution < 1.29 is 23.1 Å². The van der Waals surface area contributed by atoms with E-state index >= 15 is 0 Å². The molecular weight excluding hydrogens is 488 g/mol. The van der Waals surface area contributed by atoms with Crippen LogP contribution in [0.5, 0.6) is 0 Å². The fraction of sp³-hybridized carbons (Fsp3) is 0.407. The number of nitrogens with zero attached hydrogens (tertiary/aromatic N) is 3. The lowest BCUT2D eigenvalue weighted by Gasteiger charge is -2.43. The predicted octanol–water partition coefficient (Wildman–Crippen LogP) is 5.05. The van der Waals surface area contributed by atoms with Crippen LogP contribution in [0.25, 0.3) is 11.5 Å². The number of hydrogen-bond acceptors (Lipinski definition) is 5. The molecule has 1 amide bonds. The molecule has 1 saturated carbocycles. The SMILES string of the molecule is CCN(CC)C1CC(CN2C(=O)C(O)(c3c(F)cccc3F)c3c(C)cc(-c4ncco4)cc32)C1.Cl. The molecule has 2 aromatic carbocycles. The molecule has 1 unspecified atom stereocenters. The van der Waals surface area contributed by atoms with Crippen LogP contribution in [-0.4, -0.2) is 46.6 Å². The molecule has 0 bridgehead atoms. The van der Waals surface area contributed by atoms with Gasteiger partial charge in [-0.3, -0.25) is 4.79 Å². The molecule has 3 aromatic rings. The van der Waals surface area contributed by atoms with E-state index in [1.54, 1.807) is 19.1 Å². The third-order valence-electron chi connectivity index (χ3n) is 7.51. The molecule has 9 heteroatoms. The molecule has 2 heterocycles. The molecule has 6 nitrogen and oxygen atoms in total. The zero-order valence-electron chi connectivity index (χ0n) is 20.5. The molecule has 1 fully saturated rings. The fourth-order valence-corrected chi connectivity index (χ4v) is 5.76. The van der Waals surface area contributed by atoms with Crippen molar-refractivity contribution in [1.29, 1.82) is 0 Å². The highest BCUT2D eigenvalue weighted by molar-refractivity contribution is 6.10. The molecule has 0 spiro atoms. The highest BCUT2D eigenvalue weighted by atomic mass is 35.5. The summed E-state index contributed by atoms with van der Waals surface area (Å²) in [7, 11) is 0. The number of anilines is 1. The van der Waals surface area contributed by atoms with Crippen LogP contribution >= 0.6 is 12.4 Å². The average molecular weight is 518 g/mol. The van der Waals surface area contributed by atoms with E-state index in [0.717, 1.165) is 38.1 Å². The molecule has 1 aromatic heterocycles. The number of aryl methyl sites for hydroxylation is 1. The Morgan fingerprint density at radius 2 is 1.83 bits per heavy atom. The van der Waals surface area contributed by atoms with E-state index in [0.29, 0.717) is 35.3 Å². The van der Waals surface area contributed by atoms with Crippen LogP contribution in [0.15, 0.2) is 47.2 Å². The first kappa shape index (κ1) is 26.3. The summed E-state index contributed by atoms with van der Waals surface area (Å²) in [6.07, 6.45) is 4.82. The van der Waals surface area contributed by atoms with E-state index in [1.807, 2.05) is 0 Å². The van der Waals surface area contributed by atoms with Gasteiger partial charge in [0.05, 0.1) is 17.4 Å². The van der Waals surface area contributed by atoms with Gasteiger partial charge in [0.25, 0.3) is 5.91 Å². The second-order valence-corrected chi connectivity index (χ2v) is 9.46. The van der Waals surface area contributed by atoms with Crippen molar-refractivity contribution >= 4 is 24.0 Å². The lowest BCUT2D eigenvalue weighted by Crippen LogP contribution is -2.50. The molecule has 2 aliphatic rings. The van der Waals surface area contributed by atoms with Gasteiger partial charge in [-0.1, -0.05) is 19.9 Å². The smallest absolute Gasteiger partial charge is 0.268 e. The highest BCUT2D eigenvalue weighted by Crippen LogP contribution is 2.50. The molecule has 1 aliphatic heterocycles. The summed E-state index contributed by atoms with van der Waals surface area (Å²) in [4.78, 5) is 21.9. The molecule has 5 rings (SSSR count). The van der Waals surface area contributed by atoms with Crippen molar-refractivity contribution in [3.8, 4) is 11.5 Å². The van der Waals surface area contributed by atoms with Crippen molar-refractivity contribution in [2.45, 2.75) is 45.3 Å². The topological polar surface area (TPSA) is 69.8 Å². The number of benzene rings is 2. The Kier molecular flexibility index (Phi) is 7.23. The van der Waals surface area contributed by atoms with E-state index in [2.05, 4.69) is 23.7 Å². The van der Waals surface area contributed by atoms with E-state index in [4.69, 9.17) is 4.42 Å². The number of halogens is 3. The molecular formula is C27H30ClF2N3O3. The predicted molar refractivity (Wildman–Crippen MR) is 135 cm³/mol. The van der Waals surface area contributed by atoms with Crippen molar-refractivity contribution in [1.82, 2.24) is 9.88 Å². The first-order valence-electron chi connectivity index (χ1n) is 12.1. The van der Waals surface area contributed by atoms with E-state index < -0.39 is 28.7 Å². The maximum atomic E-state index is 14.9. The second kappa shape index (κ2) is 9.92. The average Bonchev–Trinajstić information content (AvgIpc) is 3.40. The Bertz CT molecular complexity index is 1240. The Morgan fingerprint density at radius 1 is 1.17 bits per heavy atom. The zero-order valence-corrected chi connectivity index (χ0v) is 21.3. The van der Waals surface area contributed by atoms with Crippen LogP contribution in [0, 0.1) is 24.5 Å². The number of fused-ring (bicyclic) bond motifs is 1. The van der Waals surface area contributed by atoms with Gasteiger partial charge in [0.15, 0.2) is 0 Å². The van der Waals surface area contributed by atoms with Gasteiger partial charge in [-0.2, -0.15) is 0 Å². The zero-order chi connectivity index (χ0) is 24.9. The van der Waals surface area contributed by atoms with Gasteiger partial charge < -0.3 is 19.3 Å². The standard InChI is InChI=1S/C27H29F2N3O3.ClH/c1-4-31(5-2)19-12-17(13-19)15-32-22-14-18(25-30-9-10-35-25)11-16(3)23(22)27(34,26(32)33)24-20(28)7-6-8-21(24)29;/h6-11,14,17,19,34H,4-5,12-13,15H2,1-3H3;1H. The Labute approximate surface area is 215 Å². The summed E-state index contributed by atoms with van der Waals surface area (Å²) >= 11 is 0. The fourth-order valence-electron chi connectivity index (χ4n) is 5.76. The number of carbonyl (C=O) groups is 1. The third-order valence-corrected chi connectivity index (χ3v) is 7.51. The number of oxazole rings is 1. The molecule has 0 radical (unpaired) electrons. The number of aliphatic hydroxyl groups is 1. The molecule has 1 aliphatic carbocycles. The van der Waals surface area contributed by atoms with Gasteiger partial charge in [0.2, 0.25) is 11.5 Å². The van der Waals surface area contributed by atoms with E-state index in [1.165, 1.54) is 23.4 Å². The van der Waals surface area contributed by atoms with Gasteiger partial charge >= 0.3 is 0 Å². The van der Waals surface area contributed by atoms with Gasteiger partial charge in [-0.25, -0.2) is 13.8 Å². The lowest BCUT2D eigenvalue weighted by molar-refractivity contribution is -0.133.